The number of halogens is 2. The first-order chi connectivity index (χ1) is 11.4. The van der Waals surface area contributed by atoms with Gasteiger partial charge in [0, 0.05) is 30.6 Å². The van der Waals surface area contributed by atoms with Crippen LogP contribution in [0.15, 0.2) is 42.5 Å². The van der Waals surface area contributed by atoms with Crippen molar-refractivity contribution in [3.8, 4) is 0 Å². The Kier molecular flexibility index (Phi) is 6.23. The van der Waals surface area contributed by atoms with E-state index in [1.165, 1.54) is 6.92 Å². The molecule has 0 fully saturated rings. The monoisotopic (exact) mass is 364 g/mol. The average molecular weight is 365 g/mol. The standard InChI is InChI=1S/C18H18Cl2N2O2/c1-12-11-14(19)7-8-17(12)22(13(2)23)10-9-18(24)21-16-6-4-3-5-15(16)20/h3-8,11H,9-10H2,1-2H3,(H,21,24). The summed E-state index contributed by atoms with van der Waals surface area (Å²) < 4.78 is 0. The zero-order valence-corrected chi connectivity index (χ0v) is 15.0. The van der Waals surface area contributed by atoms with Crippen LogP contribution >= 0.6 is 23.2 Å². The van der Waals surface area contributed by atoms with Crippen molar-refractivity contribution in [3.63, 3.8) is 0 Å². The van der Waals surface area contributed by atoms with Gasteiger partial charge in [0.15, 0.2) is 0 Å². The first kappa shape index (κ1) is 18.3. The van der Waals surface area contributed by atoms with Gasteiger partial charge in [0.2, 0.25) is 11.8 Å². The molecule has 0 aliphatic rings. The molecule has 0 bridgehead atoms. The second-order valence-corrected chi connectivity index (χ2v) is 6.22. The third-order valence-corrected chi connectivity index (χ3v) is 4.10. The smallest absolute Gasteiger partial charge is 0.226 e. The number of rotatable bonds is 5. The molecule has 0 aliphatic carbocycles. The minimum Gasteiger partial charge on any atom is -0.325 e. The Morgan fingerprint density at radius 3 is 2.46 bits per heavy atom. The minimum absolute atomic E-state index is 0.133. The fraction of sp³-hybridized carbons (Fsp3) is 0.222. The molecule has 0 radical (unpaired) electrons. The molecule has 0 spiro atoms. The molecule has 2 aromatic carbocycles. The summed E-state index contributed by atoms with van der Waals surface area (Å²) in [6.07, 6.45) is 0.160. The highest BCUT2D eigenvalue weighted by Crippen LogP contribution is 2.24. The highest BCUT2D eigenvalue weighted by molar-refractivity contribution is 6.33. The second kappa shape index (κ2) is 8.18. The van der Waals surface area contributed by atoms with Gasteiger partial charge in [0.05, 0.1) is 10.7 Å². The Hall–Kier alpha value is -2.04. The normalized spacial score (nSPS) is 10.3. The maximum absolute atomic E-state index is 12.1. The number of nitrogens with one attached hydrogen (secondary N) is 1. The summed E-state index contributed by atoms with van der Waals surface area (Å²) in [5, 5.41) is 3.83. The predicted molar refractivity (Wildman–Crippen MR) is 98.9 cm³/mol. The lowest BCUT2D eigenvalue weighted by Crippen LogP contribution is -2.32. The van der Waals surface area contributed by atoms with Crippen molar-refractivity contribution in [1.82, 2.24) is 0 Å². The number of nitrogens with zero attached hydrogens (tertiary/aromatic N) is 1. The van der Waals surface area contributed by atoms with E-state index in [9.17, 15) is 9.59 Å². The van der Waals surface area contributed by atoms with Crippen molar-refractivity contribution in [1.29, 1.82) is 0 Å². The van der Waals surface area contributed by atoms with Crippen molar-refractivity contribution in [3.05, 3.63) is 58.1 Å². The molecule has 0 saturated heterocycles. The predicted octanol–water partition coefficient (Wildman–Crippen LogP) is 4.68. The van der Waals surface area contributed by atoms with Crippen LogP contribution in [0.5, 0.6) is 0 Å². The molecule has 126 valence electrons. The number of hydrogen-bond acceptors (Lipinski definition) is 2. The first-order valence-corrected chi connectivity index (χ1v) is 8.22. The van der Waals surface area contributed by atoms with Gasteiger partial charge in [-0.15, -0.1) is 0 Å². The zero-order chi connectivity index (χ0) is 17.7. The SMILES string of the molecule is CC(=O)N(CCC(=O)Nc1ccccc1Cl)c1ccc(Cl)cc1C. The molecular formula is C18H18Cl2N2O2. The fourth-order valence-electron chi connectivity index (χ4n) is 2.36. The van der Waals surface area contributed by atoms with Gasteiger partial charge in [-0.3, -0.25) is 9.59 Å². The van der Waals surface area contributed by atoms with Crippen LogP contribution in [0.25, 0.3) is 0 Å². The highest BCUT2D eigenvalue weighted by atomic mass is 35.5. The van der Waals surface area contributed by atoms with E-state index >= 15 is 0 Å². The van der Waals surface area contributed by atoms with Crippen molar-refractivity contribution < 1.29 is 9.59 Å². The van der Waals surface area contributed by atoms with Gasteiger partial charge in [0.25, 0.3) is 0 Å². The Labute approximate surface area is 151 Å². The molecule has 0 saturated carbocycles. The summed E-state index contributed by atoms with van der Waals surface area (Å²) in [4.78, 5) is 25.6. The molecule has 2 aromatic rings. The van der Waals surface area contributed by atoms with Crippen LogP contribution in [0, 0.1) is 6.92 Å². The van der Waals surface area contributed by atoms with Gasteiger partial charge in [-0.1, -0.05) is 35.3 Å². The molecule has 2 rings (SSSR count). The van der Waals surface area contributed by atoms with E-state index in [1.807, 2.05) is 6.92 Å². The molecule has 4 nitrogen and oxygen atoms in total. The summed E-state index contributed by atoms with van der Waals surface area (Å²) >= 11 is 12.0. The van der Waals surface area contributed by atoms with Crippen LogP contribution < -0.4 is 10.2 Å². The largest absolute Gasteiger partial charge is 0.325 e. The lowest BCUT2D eigenvalue weighted by Gasteiger charge is -2.23. The third-order valence-electron chi connectivity index (χ3n) is 3.54. The third kappa shape index (κ3) is 4.73. The van der Waals surface area contributed by atoms with E-state index in [1.54, 1.807) is 47.4 Å². The zero-order valence-electron chi connectivity index (χ0n) is 13.5. The molecule has 2 amide bonds. The summed E-state index contributed by atoms with van der Waals surface area (Å²) in [5.74, 6) is -0.341. The van der Waals surface area contributed by atoms with Gasteiger partial charge >= 0.3 is 0 Å². The Bertz CT molecular complexity index is 762. The van der Waals surface area contributed by atoms with Crippen LogP contribution in [0.4, 0.5) is 11.4 Å². The van der Waals surface area contributed by atoms with Crippen molar-refractivity contribution in [2.24, 2.45) is 0 Å². The van der Waals surface area contributed by atoms with Crippen molar-refractivity contribution >= 4 is 46.4 Å². The van der Waals surface area contributed by atoms with Gasteiger partial charge in [0.1, 0.15) is 0 Å². The van der Waals surface area contributed by atoms with E-state index in [-0.39, 0.29) is 24.8 Å². The minimum atomic E-state index is -0.207. The molecular weight excluding hydrogens is 347 g/mol. The maximum Gasteiger partial charge on any atom is 0.226 e. The second-order valence-electron chi connectivity index (χ2n) is 5.38. The number of aryl methyl sites for hydroxylation is 1. The maximum atomic E-state index is 12.1. The summed E-state index contributed by atoms with van der Waals surface area (Å²) in [5.41, 5.74) is 2.18. The van der Waals surface area contributed by atoms with Crippen molar-refractivity contribution in [2.45, 2.75) is 20.3 Å². The quantitative estimate of drug-likeness (QED) is 0.836. The molecule has 24 heavy (non-hydrogen) atoms. The number of carbonyl (C=O) groups excluding carboxylic acids is 2. The lowest BCUT2D eigenvalue weighted by molar-refractivity contribution is -0.117. The molecule has 6 heteroatoms. The Morgan fingerprint density at radius 2 is 1.83 bits per heavy atom. The Balaban J connectivity index is 2.05. The first-order valence-electron chi connectivity index (χ1n) is 7.47. The molecule has 0 aromatic heterocycles. The highest BCUT2D eigenvalue weighted by Gasteiger charge is 2.16. The van der Waals surface area contributed by atoms with E-state index in [0.717, 1.165) is 11.3 Å². The van der Waals surface area contributed by atoms with Gasteiger partial charge < -0.3 is 10.2 Å². The topological polar surface area (TPSA) is 49.4 Å². The molecule has 0 atom stereocenters. The van der Waals surface area contributed by atoms with E-state index in [4.69, 9.17) is 23.2 Å². The number of anilines is 2. The van der Waals surface area contributed by atoms with Crippen LogP contribution in [0.2, 0.25) is 10.0 Å². The van der Waals surface area contributed by atoms with Crippen LogP contribution in [0.3, 0.4) is 0 Å². The number of carbonyl (C=O) groups is 2. The van der Waals surface area contributed by atoms with Crippen LogP contribution in [-0.2, 0) is 9.59 Å². The van der Waals surface area contributed by atoms with Gasteiger partial charge in [-0.25, -0.2) is 0 Å². The number of benzene rings is 2. The van der Waals surface area contributed by atoms with Crippen molar-refractivity contribution in [2.75, 3.05) is 16.8 Å². The Morgan fingerprint density at radius 1 is 1.12 bits per heavy atom. The molecule has 0 heterocycles. The van der Waals surface area contributed by atoms with Crippen LogP contribution in [-0.4, -0.2) is 18.4 Å². The number of amides is 2. The number of hydrogen-bond donors (Lipinski definition) is 1. The lowest BCUT2D eigenvalue weighted by atomic mass is 10.1. The molecule has 1 N–H and O–H groups in total. The molecule has 0 aliphatic heterocycles. The number of para-hydroxylation sites is 1. The van der Waals surface area contributed by atoms with Gasteiger partial charge in [-0.2, -0.15) is 0 Å². The van der Waals surface area contributed by atoms with Gasteiger partial charge in [-0.05, 0) is 42.8 Å². The van der Waals surface area contributed by atoms with Crippen LogP contribution in [0.1, 0.15) is 18.9 Å². The van der Waals surface area contributed by atoms with E-state index in [0.29, 0.717) is 15.7 Å². The average Bonchev–Trinajstić information content (AvgIpc) is 2.51. The van der Waals surface area contributed by atoms with E-state index < -0.39 is 0 Å². The van der Waals surface area contributed by atoms with E-state index in [2.05, 4.69) is 5.32 Å². The fourth-order valence-corrected chi connectivity index (χ4v) is 2.77. The summed E-state index contributed by atoms with van der Waals surface area (Å²) in [6, 6.07) is 12.3. The summed E-state index contributed by atoms with van der Waals surface area (Å²) in [6.45, 7) is 3.62. The summed E-state index contributed by atoms with van der Waals surface area (Å²) in [7, 11) is 0. The molecule has 0 unspecified atom stereocenters.